The van der Waals surface area contributed by atoms with Crippen molar-refractivity contribution in [3.8, 4) is 5.75 Å². The fourth-order valence-corrected chi connectivity index (χ4v) is 3.00. The quantitative estimate of drug-likeness (QED) is 0.805. The summed E-state index contributed by atoms with van der Waals surface area (Å²) in [6.45, 7) is 7.01. The summed E-state index contributed by atoms with van der Waals surface area (Å²) in [5.41, 5.74) is 1.14. The molecule has 0 aromatic heterocycles. The van der Waals surface area contributed by atoms with Gasteiger partial charge in [-0.3, -0.25) is 4.79 Å². The number of carbonyl (C=O) groups excluding carboxylic acids is 1. The minimum atomic E-state index is -0.516. The van der Waals surface area contributed by atoms with Crippen LogP contribution >= 0.6 is 0 Å². The van der Waals surface area contributed by atoms with Crippen LogP contribution in [-0.2, 0) is 9.53 Å². The molecule has 5 nitrogen and oxygen atoms in total. The molecule has 1 aromatic carbocycles. The summed E-state index contributed by atoms with van der Waals surface area (Å²) >= 11 is 0. The maximum Gasteiger partial charge on any atom is 0.260 e. The van der Waals surface area contributed by atoms with E-state index in [4.69, 9.17) is 9.47 Å². The molecule has 23 heavy (non-hydrogen) atoms. The molecule has 0 bridgehead atoms. The first-order chi connectivity index (χ1) is 11.0. The molecule has 5 heteroatoms. The molecule has 0 radical (unpaired) electrons. The van der Waals surface area contributed by atoms with Gasteiger partial charge in [0.25, 0.3) is 5.91 Å². The van der Waals surface area contributed by atoms with E-state index in [1.807, 2.05) is 31.2 Å². The standard InChI is InChI=1S/C18H28N2O3/c1-14-5-4-6-16(11-14)23-15(2)17(21)20-12-18(13-22-3)7-9-19-10-8-18/h4-6,11,15,19H,7-10,12-13H2,1-3H3,(H,20,21). The molecule has 1 aliphatic rings. The van der Waals surface area contributed by atoms with E-state index in [1.54, 1.807) is 14.0 Å². The van der Waals surface area contributed by atoms with Gasteiger partial charge in [0.15, 0.2) is 6.10 Å². The third kappa shape index (κ3) is 5.22. The summed E-state index contributed by atoms with van der Waals surface area (Å²) < 4.78 is 11.1. The number of benzene rings is 1. The number of methoxy groups -OCH3 is 1. The number of aryl methyl sites for hydroxylation is 1. The van der Waals surface area contributed by atoms with E-state index in [2.05, 4.69) is 10.6 Å². The SMILES string of the molecule is COCC1(CNC(=O)C(C)Oc2cccc(C)c2)CCNCC1. The maximum atomic E-state index is 12.3. The molecule has 1 fully saturated rings. The smallest absolute Gasteiger partial charge is 0.260 e. The van der Waals surface area contributed by atoms with Gasteiger partial charge in [-0.25, -0.2) is 0 Å². The highest BCUT2D eigenvalue weighted by Crippen LogP contribution is 2.28. The van der Waals surface area contributed by atoms with Crippen LogP contribution in [0.15, 0.2) is 24.3 Å². The second-order valence-electron chi connectivity index (χ2n) is 6.48. The number of carbonyl (C=O) groups is 1. The molecule has 2 rings (SSSR count). The van der Waals surface area contributed by atoms with Crippen LogP contribution in [0.5, 0.6) is 5.75 Å². The first-order valence-corrected chi connectivity index (χ1v) is 8.25. The van der Waals surface area contributed by atoms with Crippen LogP contribution in [0.2, 0.25) is 0 Å². The normalized spacial score (nSPS) is 18.2. The van der Waals surface area contributed by atoms with Crippen molar-refractivity contribution in [3.05, 3.63) is 29.8 Å². The number of hydrogen-bond donors (Lipinski definition) is 2. The minimum absolute atomic E-state index is 0.0265. The molecule has 1 aromatic rings. The van der Waals surface area contributed by atoms with Gasteiger partial charge < -0.3 is 20.1 Å². The van der Waals surface area contributed by atoms with Crippen molar-refractivity contribution in [1.29, 1.82) is 0 Å². The summed E-state index contributed by atoms with van der Waals surface area (Å²) in [5.74, 6) is 0.640. The van der Waals surface area contributed by atoms with Gasteiger partial charge in [0.2, 0.25) is 0 Å². The van der Waals surface area contributed by atoms with Crippen LogP contribution in [0.4, 0.5) is 0 Å². The number of nitrogens with one attached hydrogen (secondary N) is 2. The number of hydrogen-bond acceptors (Lipinski definition) is 4. The minimum Gasteiger partial charge on any atom is -0.481 e. The van der Waals surface area contributed by atoms with Crippen molar-refractivity contribution in [2.24, 2.45) is 5.41 Å². The lowest BCUT2D eigenvalue weighted by molar-refractivity contribution is -0.128. The molecule has 1 atom stereocenters. The second kappa shape index (κ2) is 8.31. The maximum absolute atomic E-state index is 12.3. The van der Waals surface area contributed by atoms with Gasteiger partial charge >= 0.3 is 0 Å². The molecule has 0 aliphatic carbocycles. The average Bonchev–Trinajstić information content (AvgIpc) is 2.54. The molecule has 0 saturated carbocycles. The topological polar surface area (TPSA) is 59.6 Å². The second-order valence-corrected chi connectivity index (χ2v) is 6.48. The van der Waals surface area contributed by atoms with E-state index in [1.165, 1.54) is 0 Å². The molecule has 1 unspecified atom stereocenters. The van der Waals surface area contributed by atoms with Crippen LogP contribution in [0.3, 0.4) is 0 Å². The van der Waals surface area contributed by atoms with E-state index < -0.39 is 6.10 Å². The van der Waals surface area contributed by atoms with E-state index in [-0.39, 0.29) is 11.3 Å². The predicted octanol–water partition coefficient (Wildman–Crippen LogP) is 1.89. The van der Waals surface area contributed by atoms with Gasteiger partial charge in [-0.05, 0) is 57.5 Å². The van der Waals surface area contributed by atoms with E-state index >= 15 is 0 Å². The van der Waals surface area contributed by atoms with Crippen LogP contribution in [0, 0.1) is 12.3 Å². The lowest BCUT2D eigenvalue weighted by Gasteiger charge is -2.37. The lowest BCUT2D eigenvalue weighted by atomic mass is 9.79. The average molecular weight is 320 g/mol. The molecule has 1 heterocycles. The molecule has 0 spiro atoms. The Bertz CT molecular complexity index is 507. The van der Waals surface area contributed by atoms with Crippen LogP contribution in [0.1, 0.15) is 25.3 Å². The van der Waals surface area contributed by atoms with E-state index in [9.17, 15) is 4.79 Å². The van der Waals surface area contributed by atoms with Crippen LogP contribution in [-0.4, -0.2) is 45.4 Å². The van der Waals surface area contributed by atoms with Gasteiger partial charge in [0.05, 0.1) is 6.61 Å². The van der Waals surface area contributed by atoms with Crippen LogP contribution < -0.4 is 15.4 Å². The summed E-state index contributed by atoms with van der Waals surface area (Å²) in [6.07, 6.45) is 1.50. The Labute approximate surface area is 138 Å². The van der Waals surface area contributed by atoms with Crippen molar-refractivity contribution in [1.82, 2.24) is 10.6 Å². The van der Waals surface area contributed by atoms with E-state index in [0.717, 1.165) is 37.2 Å². The number of rotatable bonds is 7. The number of amides is 1. The molecule has 128 valence electrons. The molecule has 2 N–H and O–H groups in total. The van der Waals surface area contributed by atoms with Crippen molar-refractivity contribution in [2.75, 3.05) is 33.4 Å². The first kappa shape index (κ1) is 17.8. The first-order valence-electron chi connectivity index (χ1n) is 8.25. The van der Waals surface area contributed by atoms with Gasteiger partial charge in [0.1, 0.15) is 5.75 Å². The number of piperidine rings is 1. The van der Waals surface area contributed by atoms with Gasteiger partial charge in [-0.1, -0.05) is 12.1 Å². The van der Waals surface area contributed by atoms with Gasteiger partial charge in [-0.15, -0.1) is 0 Å². The lowest BCUT2D eigenvalue weighted by Crippen LogP contribution is -2.49. The zero-order chi connectivity index (χ0) is 16.7. The Morgan fingerprint density at radius 1 is 1.39 bits per heavy atom. The highest BCUT2D eigenvalue weighted by molar-refractivity contribution is 5.80. The third-order valence-corrected chi connectivity index (χ3v) is 4.42. The Morgan fingerprint density at radius 2 is 2.13 bits per heavy atom. The fourth-order valence-electron chi connectivity index (χ4n) is 3.00. The molecular formula is C18H28N2O3. The fraction of sp³-hybridized carbons (Fsp3) is 0.611. The van der Waals surface area contributed by atoms with Gasteiger partial charge in [-0.2, -0.15) is 0 Å². The summed E-state index contributed by atoms with van der Waals surface area (Å²) in [6, 6.07) is 7.74. The number of ether oxygens (including phenoxy) is 2. The zero-order valence-electron chi connectivity index (χ0n) is 14.4. The van der Waals surface area contributed by atoms with Crippen molar-refractivity contribution in [3.63, 3.8) is 0 Å². The molecule has 1 amide bonds. The van der Waals surface area contributed by atoms with Crippen molar-refractivity contribution in [2.45, 2.75) is 32.8 Å². The summed E-state index contributed by atoms with van der Waals surface area (Å²) in [5, 5.41) is 6.39. The summed E-state index contributed by atoms with van der Waals surface area (Å²) in [7, 11) is 1.72. The van der Waals surface area contributed by atoms with E-state index in [0.29, 0.717) is 13.2 Å². The largest absolute Gasteiger partial charge is 0.481 e. The highest BCUT2D eigenvalue weighted by atomic mass is 16.5. The van der Waals surface area contributed by atoms with Crippen molar-refractivity contribution < 1.29 is 14.3 Å². The summed E-state index contributed by atoms with van der Waals surface area (Å²) in [4.78, 5) is 12.3. The molecule has 1 aliphatic heterocycles. The Balaban J connectivity index is 1.87. The van der Waals surface area contributed by atoms with Crippen molar-refractivity contribution >= 4 is 5.91 Å². The highest BCUT2D eigenvalue weighted by Gasteiger charge is 2.33. The molecule has 1 saturated heterocycles. The van der Waals surface area contributed by atoms with Crippen LogP contribution in [0.25, 0.3) is 0 Å². The monoisotopic (exact) mass is 320 g/mol. The Kier molecular flexibility index (Phi) is 6.42. The zero-order valence-corrected chi connectivity index (χ0v) is 14.4. The Hall–Kier alpha value is -1.59. The predicted molar refractivity (Wildman–Crippen MR) is 90.7 cm³/mol. The molecular weight excluding hydrogens is 292 g/mol. The third-order valence-electron chi connectivity index (χ3n) is 4.42. The Morgan fingerprint density at radius 3 is 2.78 bits per heavy atom. The van der Waals surface area contributed by atoms with Gasteiger partial charge in [0, 0.05) is 19.1 Å².